The van der Waals surface area contributed by atoms with Crippen molar-refractivity contribution in [3.05, 3.63) is 23.8 Å². The molecular formula is C14H18F3NO4. The zero-order valence-electron chi connectivity index (χ0n) is 12.4. The Balaban J connectivity index is 2.94. The number of aliphatic hydroxyl groups is 1. The van der Waals surface area contributed by atoms with Crippen LogP contribution in [-0.2, 0) is 11.2 Å². The molecule has 0 aliphatic heterocycles. The summed E-state index contributed by atoms with van der Waals surface area (Å²) in [5.41, 5.74) is -0.807. The number of nitrogens with one attached hydrogen (secondary N) is 1. The number of hydrogen-bond acceptors (Lipinski definition) is 4. The number of benzene rings is 1. The normalized spacial score (nSPS) is 13.6. The zero-order valence-corrected chi connectivity index (χ0v) is 12.4. The number of amides is 1. The lowest BCUT2D eigenvalue weighted by Gasteiger charge is -2.21. The number of alkyl halides is 3. The predicted molar refractivity (Wildman–Crippen MR) is 73.7 cm³/mol. The molecule has 0 aromatic heterocycles. The highest BCUT2D eigenvalue weighted by atomic mass is 19.4. The van der Waals surface area contributed by atoms with Crippen LogP contribution in [0.4, 0.5) is 23.7 Å². The first-order valence-electron chi connectivity index (χ1n) is 6.45. The molecule has 0 spiro atoms. The van der Waals surface area contributed by atoms with Gasteiger partial charge in [-0.1, -0.05) is 0 Å². The molecule has 1 amide bonds. The molecule has 0 bridgehead atoms. The van der Waals surface area contributed by atoms with Crippen molar-refractivity contribution in [2.45, 2.75) is 45.1 Å². The molecule has 1 aromatic carbocycles. The van der Waals surface area contributed by atoms with Crippen LogP contribution >= 0.6 is 0 Å². The summed E-state index contributed by atoms with van der Waals surface area (Å²) in [5.74, 6) is -0.279. The molecule has 124 valence electrons. The zero-order chi connectivity index (χ0) is 17.1. The molecule has 3 N–H and O–H groups in total. The number of carbonyl (C=O) groups is 1. The van der Waals surface area contributed by atoms with Crippen molar-refractivity contribution in [3.8, 4) is 5.75 Å². The van der Waals surface area contributed by atoms with Gasteiger partial charge in [-0.2, -0.15) is 13.2 Å². The fraction of sp³-hybridized carbons (Fsp3) is 0.500. The molecule has 0 aliphatic rings. The fourth-order valence-electron chi connectivity index (χ4n) is 1.61. The van der Waals surface area contributed by atoms with E-state index in [4.69, 9.17) is 9.84 Å². The number of hydrogen-bond donors (Lipinski definition) is 3. The standard InChI is InChI=1S/C14H18F3NO4/c1-13(2,3)22-12(21)18-10-5-4-9(19)6-8(10)7-11(20)14(15,16)17/h4-6,11,19-20H,7H2,1-3H3,(H,18,21). The van der Waals surface area contributed by atoms with E-state index in [0.29, 0.717) is 0 Å². The minimum atomic E-state index is -4.80. The SMILES string of the molecule is CC(C)(C)OC(=O)Nc1ccc(O)cc1CC(O)C(F)(F)F. The Labute approximate surface area is 125 Å². The van der Waals surface area contributed by atoms with Crippen LogP contribution in [0.5, 0.6) is 5.75 Å². The van der Waals surface area contributed by atoms with Gasteiger partial charge in [-0.3, -0.25) is 5.32 Å². The van der Waals surface area contributed by atoms with Gasteiger partial charge in [0.15, 0.2) is 6.10 Å². The minimum Gasteiger partial charge on any atom is -0.508 e. The summed E-state index contributed by atoms with van der Waals surface area (Å²) >= 11 is 0. The maximum Gasteiger partial charge on any atom is 0.414 e. The van der Waals surface area contributed by atoms with Crippen molar-refractivity contribution in [1.82, 2.24) is 0 Å². The van der Waals surface area contributed by atoms with Gasteiger partial charge in [0, 0.05) is 12.1 Å². The van der Waals surface area contributed by atoms with E-state index in [1.165, 1.54) is 12.1 Å². The first kappa shape index (κ1) is 18.1. The minimum absolute atomic E-state index is 0.0235. The van der Waals surface area contributed by atoms with Crippen molar-refractivity contribution in [2.75, 3.05) is 5.32 Å². The molecule has 0 saturated heterocycles. The van der Waals surface area contributed by atoms with Crippen LogP contribution in [0.3, 0.4) is 0 Å². The molecule has 1 unspecified atom stereocenters. The van der Waals surface area contributed by atoms with E-state index in [-0.39, 0.29) is 17.0 Å². The summed E-state index contributed by atoms with van der Waals surface area (Å²) in [6, 6.07) is 3.48. The average Bonchev–Trinajstić information content (AvgIpc) is 2.29. The third-order valence-electron chi connectivity index (χ3n) is 2.52. The molecule has 0 aliphatic carbocycles. The Hall–Kier alpha value is -1.96. The lowest BCUT2D eigenvalue weighted by molar-refractivity contribution is -0.203. The number of carbonyl (C=O) groups excluding carboxylic acids is 1. The van der Waals surface area contributed by atoms with E-state index in [2.05, 4.69) is 5.32 Å². The van der Waals surface area contributed by atoms with Gasteiger partial charge >= 0.3 is 12.3 Å². The predicted octanol–water partition coefficient (Wildman–Crippen LogP) is 3.20. The topological polar surface area (TPSA) is 78.8 Å². The van der Waals surface area contributed by atoms with Crippen LogP contribution in [0.15, 0.2) is 18.2 Å². The van der Waals surface area contributed by atoms with Crippen molar-refractivity contribution in [2.24, 2.45) is 0 Å². The molecule has 0 fully saturated rings. The van der Waals surface area contributed by atoms with E-state index in [1.807, 2.05) is 0 Å². The average molecular weight is 321 g/mol. The molecule has 0 heterocycles. The number of halogens is 3. The quantitative estimate of drug-likeness (QED) is 0.747. The summed E-state index contributed by atoms with van der Waals surface area (Å²) in [4.78, 5) is 11.7. The summed E-state index contributed by atoms with van der Waals surface area (Å²) < 4.78 is 42.3. The lowest BCUT2D eigenvalue weighted by Crippen LogP contribution is -2.31. The number of phenols is 1. The van der Waals surface area contributed by atoms with E-state index >= 15 is 0 Å². The highest BCUT2D eigenvalue weighted by Gasteiger charge is 2.38. The summed E-state index contributed by atoms with van der Waals surface area (Å²) in [6.07, 6.45) is -9.05. The largest absolute Gasteiger partial charge is 0.508 e. The van der Waals surface area contributed by atoms with Gasteiger partial charge in [-0.25, -0.2) is 4.79 Å². The second kappa shape index (κ2) is 6.43. The van der Waals surface area contributed by atoms with Crippen LogP contribution in [0.1, 0.15) is 26.3 Å². The van der Waals surface area contributed by atoms with E-state index in [1.54, 1.807) is 20.8 Å². The van der Waals surface area contributed by atoms with Crippen molar-refractivity contribution < 1.29 is 32.9 Å². The molecule has 0 saturated carbocycles. The Bertz CT molecular complexity index is 538. The second-order valence-electron chi connectivity index (χ2n) is 5.73. The fourth-order valence-corrected chi connectivity index (χ4v) is 1.61. The Morgan fingerprint density at radius 3 is 2.41 bits per heavy atom. The maximum absolute atomic E-state index is 12.4. The van der Waals surface area contributed by atoms with Crippen LogP contribution in [0.25, 0.3) is 0 Å². The van der Waals surface area contributed by atoms with Gasteiger partial charge in [-0.05, 0) is 44.5 Å². The van der Waals surface area contributed by atoms with Gasteiger partial charge in [0.05, 0.1) is 0 Å². The molecule has 5 nitrogen and oxygen atoms in total. The summed E-state index contributed by atoms with van der Waals surface area (Å²) in [7, 11) is 0. The number of phenolic OH excluding ortho intramolecular Hbond substituents is 1. The van der Waals surface area contributed by atoms with Gasteiger partial charge in [-0.15, -0.1) is 0 Å². The Kier molecular flexibility index (Phi) is 5.29. The van der Waals surface area contributed by atoms with Crippen molar-refractivity contribution in [1.29, 1.82) is 0 Å². The Morgan fingerprint density at radius 1 is 1.32 bits per heavy atom. The van der Waals surface area contributed by atoms with Crippen LogP contribution < -0.4 is 5.32 Å². The van der Waals surface area contributed by atoms with E-state index < -0.39 is 30.4 Å². The van der Waals surface area contributed by atoms with Crippen molar-refractivity contribution >= 4 is 11.8 Å². The summed E-state index contributed by atoms with van der Waals surface area (Å²) in [5, 5.41) is 20.8. The maximum atomic E-state index is 12.4. The molecule has 22 heavy (non-hydrogen) atoms. The Morgan fingerprint density at radius 2 is 1.91 bits per heavy atom. The molecule has 1 atom stereocenters. The third kappa shape index (κ3) is 5.80. The number of aromatic hydroxyl groups is 1. The van der Waals surface area contributed by atoms with Gasteiger partial charge < -0.3 is 14.9 Å². The smallest absolute Gasteiger partial charge is 0.414 e. The molecule has 1 rings (SSSR count). The summed E-state index contributed by atoms with van der Waals surface area (Å²) in [6.45, 7) is 4.91. The van der Waals surface area contributed by atoms with Gasteiger partial charge in [0.25, 0.3) is 0 Å². The molecule has 8 heteroatoms. The highest BCUT2D eigenvalue weighted by molar-refractivity contribution is 5.86. The third-order valence-corrected chi connectivity index (χ3v) is 2.52. The number of ether oxygens (including phenoxy) is 1. The van der Waals surface area contributed by atoms with Gasteiger partial charge in [0.2, 0.25) is 0 Å². The van der Waals surface area contributed by atoms with Crippen LogP contribution in [0.2, 0.25) is 0 Å². The number of rotatable bonds is 3. The van der Waals surface area contributed by atoms with Crippen LogP contribution in [0, 0.1) is 0 Å². The highest BCUT2D eigenvalue weighted by Crippen LogP contribution is 2.28. The molecule has 0 radical (unpaired) electrons. The molecular weight excluding hydrogens is 303 g/mol. The van der Waals surface area contributed by atoms with Crippen LogP contribution in [-0.4, -0.2) is 34.2 Å². The van der Waals surface area contributed by atoms with E-state index in [0.717, 1.165) is 6.07 Å². The number of anilines is 1. The lowest BCUT2D eigenvalue weighted by atomic mass is 10.0. The first-order chi connectivity index (χ1) is 9.88. The molecule has 1 aromatic rings. The number of aliphatic hydroxyl groups excluding tert-OH is 1. The van der Waals surface area contributed by atoms with Crippen molar-refractivity contribution in [3.63, 3.8) is 0 Å². The van der Waals surface area contributed by atoms with E-state index in [9.17, 15) is 23.1 Å². The second-order valence-corrected chi connectivity index (χ2v) is 5.73. The monoisotopic (exact) mass is 321 g/mol. The first-order valence-corrected chi connectivity index (χ1v) is 6.45. The van der Waals surface area contributed by atoms with Gasteiger partial charge in [0.1, 0.15) is 11.4 Å².